The molecule has 0 aliphatic heterocycles. The molecule has 0 saturated heterocycles. The Labute approximate surface area is 121 Å². The van der Waals surface area contributed by atoms with Crippen LogP contribution in [-0.2, 0) is 12.8 Å². The molecule has 5 nitrogen and oxygen atoms in total. The van der Waals surface area contributed by atoms with E-state index in [0.29, 0.717) is 10.7 Å². The molecule has 0 fully saturated rings. The van der Waals surface area contributed by atoms with Gasteiger partial charge in [-0.1, -0.05) is 23.7 Å². The number of halogens is 1. The predicted octanol–water partition coefficient (Wildman–Crippen LogP) is 2.32. The van der Waals surface area contributed by atoms with Gasteiger partial charge in [-0.25, -0.2) is 5.43 Å². The van der Waals surface area contributed by atoms with Crippen molar-refractivity contribution < 1.29 is 4.79 Å². The largest absolute Gasteiger partial charge is 0.292 e. The van der Waals surface area contributed by atoms with E-state index < -0.39 is 0 Å². The molecular formula is C14H13ClN4O. The number of H-pyrrole nitrogens is 1. The number of hydrazone groups is 1. The highest BCUT2D eigenvalue weighted by Gasteiger charge is 2.22. The number of nitrogens with one attached hydrogen (secondary N) is 2. The lowest BCUT2D eigenvalue weighted by Gasteiger charge is -1.98. The first kappa shape index (κ1) is 12.9. The number of benzene rings is 1. The zero-order valence-electron chi connectivity index (χ0n) is 10.7. The van der Waals surface area contributed by atoms with E-state index in [9.17, 15) is 4.79 Å². The Kier molecular flexibility index (Phi) is 3.52. The fourth-order valence-electron chi connectivity index (χ4n) is 2.31. The van der Waals surface area contributed by atoms with Gasteiger partial charge in [-0.3, -0.25) is 9.89 Å². The highest BCUT2D eigenvalue weighted by Crippen LogP contribution is 2.22. The van der Waals surface area contributed by atoms with Gasteiger partial charge < -0.3 is 0 Å². The van der Waals surface area contributed by atoms with Crippen LogP contribution in [0.15, 0.2) is 29.4 Å². The molecule has 0 radical (unpaired) electrons. The molecule has 1 aromatic carbocycles. The zero-order valence-corrected chi connectivity index (χ0v) is 11.4. The lowest BCUT2D eigenvalue weighted by molar-refractivity contribution is 0.0949. The number of amides is 1. The minimum Gasteiger partial charge on any atom is -0.281 e. The fraction of sp³-hybridized carbons (Fsp3) is 0.214. The van der Waals surface area contributed by atoms with Gasteiger partial charge in [0.2, 0.25) is 0 Å². The Morgan fingerprint density at radius 2 is 2.35 bits per heavy atom. The summed E-state index contributed by atoms with van der Waals surface area (Å²) in [5.41, 5.74) is 5.84. The van der Waals surface area contributed by atoms with E-state index >= 15 is 0 Å². The number of carbonyl (C=O) groups is 1. The van der Waals surface area contributed by atoms with Crippen LogP contribution < -0.4 is 5.43 Å². The molecule has 1 aliphatic rings. The molecule has 2 aromatic rings. The van der Waals surface area contributed by atoms with E-state index in [2.05, 4.69) is 20.7 Å². The van der Waals surface area contributed by atoms with Gasteiger partial charge in [0.15, 0.2) is 5.69 Å². The maximum Gasteiger partial charge on any atom is 0.292 e. The summed E-state index contributed by atoms with van der Waals surface area (Å²) in [6, 6.07) is 7.23. The molecule has 102 valence electrons. The van der Waals surface area contributed by atoms with Crippen molar-refractivity contribution in [2.24, 2.45) is 5.10 Å². The van der Waals surface area contributed by atoms with Crippen molar-refractivity contribution in [2.75, 3.05) is 0 Å². The molecule has 20 heavy (non-hydrogen) atoms. The van der Waals surface area contributed by atoms with E-state index in [0.717, 1.165) is 36.1 Å². The van der Waals surface area contributed by atoms with Crippen molar-refractivity contribution >= 4 is 23.7 Å². The normalized spacial score (nSPS) is 13.7. The molecule has 1 heterocycles. The van der Waals surface area contributed by atoms with Crippen LogP contribution in [-0.4, -0.2) is 22.3 Å². The molecular weight excluding hydrogens is 276 g/mol. The van der Waals surface area contributed by atoms with Crippen LogP contribution in [0.4, 0.5) is 0 Å². The fourth-order valence-corrected chi connectivity index (χ4v) is 2.51. The third-order valence-electron chi connectivity index (χ3n) is 3.25. The molecule has 6 heteroatoms. The molecule has 0 bridgehead atoms. The molecule has 0 atom stereocenters. The Balaban J connectivity index is 1.67. The first-order valence-electron chi connectivity index (χ1n) is 6.39. The smallest absolute Gasteiger partial charge is 0.281 e. The predicted molar refractivity (Wildman–Crippen MR) is 77.1 cm³/mol. The van der Waals surface area contributed by atoms with Crippen molar-refractivity contribution in [1.82, 2.24) is 15.6 Å². The van der Waals surface area contributed by atoms with Crippen LogP contribution in [0.1, 0.15) is 33.7 Å². The average Bonchev–Trinajstić information content (AvgIpc) is 3.00. The second-order valence-corrected chi connectivity index (χ2v) is 5.07. The van der Waals surface area contributed by atoms with Gasteiger partial charge in [-0.15, -0.1) is 0 Å². The molecule has 3 rings (SSSR count). The monoisotopic (exact) mass is 288 g/mol. The Morgan fingerprint density at radius 3 is 3.20 bits per heavy atom. The van der Waals surface area contributed by atoms with E-state index in [-0.39, 0.29) is 5.91 Å². The van der Waals surface area contributed by atoms with Crippen LogP contribution >= 0.6 is 11.6 Å². The quantitative estimate of drug-likeness (QED) is 0.672. The van der Waals surface area contributed by atoms with Crippen molar-refractivity contribution in [1.29, 1.82) is 0 Å². The lowest BCUT2D eigenvalue weighted by Crippen LogP contribution is -2.19. The zero-order chi connectivity index (χ0) is 13.9. The number of hydrogen-bond acceptors (Lipinski definition) is 3. The Bertz CT molecular complexity index is 678. The van der Waals surface area contributed by atoms with Crippen LogP contribution in [0.3, 0.4) is 0 Å². The second kappa shape index (κ2) is 5.46. The number of aromatic nitrogens is 2. The maximum atomic E-state index is 12.0. The minimum absolute atomic E-state index is 0.289. The third kappa shape index (κ3) is 2.58. The van der Waals surface area contributed by atoms with Gasteiger partial charge in [0.05, 0.1) is 6.21 Å². The van der Waals surface area contributed by atoms with Gasteiger partial charge in [-0.05, 0) is 37.0 Å². The summed E-state index contributed by atoms with van der Waals surface area (Å²) in [4.78, 5) is 12.0. The van der Waals surface area contributed by atoms with Crippen LogP contribution in [0.25, 0.3) is 0 Å². The number of nitrogens with zero attached hydrogens (tertiary/aromatic N) is 2. The van der Waals surface area contributed by atoms with Crippen LogP contribution in [0.2, 0.25) is 5.02 Å². The summed E-state index contributed by atoms with van der Waals surface area (Å²) in [6.07, 6.45) is 4.47. The maximum absolute atomic E-state index is 12.0. The standard InChI is InChI=1S/C14H13ClN4O/c15-10-4-1-3-9(7-10)8-16-19-14(20)13-11-5-2-6-12(11)17-18-13/h1,3-4,7-8H,2,5-6H2,(H,17,18)(H,19,20). The molecule has 0 spiro atoms. The van der Waals surface area contributed by atoms with E-state index in [1.54, 1.807) is 18.3 Å². The number of aromatic amines is 1. The number of fused-ring (bicyclic) bond motifs is 1. The van der Waals surface area contributed by atoms with Crippen LogP contribution in [0, 0.1) is 0 Å². The second-order valence-electron chi connectivity index (χ2n) is 4.64. The average molecular weight is 289 g/mol. The van der Waals surface area contributed by atoms with Gasteiger partial charge in [0.25, 0.3) is 5.91 Å². The van der Waals surface area contributed by atoms with Gasteiger partial charge in [-0.2, -0.15) is 10.2 Å². The van der Waals surface area contributed by atoms with E-state index in [1.165, 1.54) is 0 Å². The number of aryl methyl sites for hydroxylation is 1. The highest BCUT2D eigenvalue weighted by molar-refractivity contribution is 6.30. The molecule has 1 aliphatic carbocycles. The molecule has 0 saturated carbocycles. The summed E-state index contributed by atoms with van der Waals surface area (Å²) in [5.74, 6) is -0.289. The van der Waals surface area contributed by atoms with Crippen molar-refractivity contribution in [3.63, 3.8) is 0 Å². The van der Waals surface area contributed by atoms with E-state index in [1.807, 2.05) is 12.1 Å². The first-order chi connectivity index (χ1) is 9.74. The molecule has 0 unspecified atom stereocenters. The molecule has 1 amide bonds. The summed E-state index contributed by atoms with van der Waals surface area (Å²) in [7, 11) is 0. The number of hydrogen-bond donors (Lipinski definition) is 2. The van der Waals surface area contributed by atoms with Crippen molar-refractivity contribution in [2.45, 2.75) is 19.3 Å². The summed E-state index contributed by atoms with van der Waals surface area (Å²) in [5, 5.41) is 11.5. The van der Waals surface area contributed by atoms with Gasteiger partial charge >= 0.3 is 0 Å². The molecule has 1 aromatic heterocycles. The van der Waals surface area contributed by atoms with Crippen LogP contribution in [0.5, 0.6) is 0 Å². The number of carbonyl (C=O) groups excluding carboxylic acids is 1. The number of rotatable bonds is 3. The van der Waals surface area contributed by atoms with E-state index in [4.69, 9.17) is 11.6 Å². The SMILES string of the molecule is O=C(NN=Cc1cccc(Cl)c1)c1n[nH]c2c1CCC2. The topological polar surface area (TPSA) is 70.1 Å². The van der Waals surface area contributed by atoms with Crippen molar-refractivity contribution in [3.05, 3.63) is 51.8 Å². The third-order valence-corrected chi connectivity index (χ3v) is 3.48. The first-order valence-corrected chi connectivity index (χ1v) is 6.77. The van der Waals surface area contributed by atoms with Gasteiger partial charge in [0, 0.05) is 16.3 Å². The van der Waals surface area contributed by atoms with Gasteiger partial charge in [0.1, 0.15) is 0 Å². The summed E-state index contributed by atoms with van der Waals surface area (Å²) < 4.78 is 0. The Hall–Kier alpha value is -2.14. The Morgan fingerprint density at radius 1 is 1.45 bits per heavy atom. The van der Waals surface area contributed by atoms with Crippen molar-refractivity contribution in [3.8, 4) is 0 Å². The highest BCUT2D eigenvalue weighted by atomic mass is 35.5. The molecule has 2 N–H and O–H groups in total. The summed E-state index contributed by atoms with van der Waals surface area (Å²) in [6.45, 7) is 0. The summed E-state index contributed by atoms with van der Waals surface area (Å²) >= 11 is 5.87. The minimum atomic E-state index is -0.289. The lowest BCUT2D eigenvalue weighted by atomic mass is 10.2.